The Bertz CT molecular complexity index is 69.3. The topological polar surface area (TPSA) is 12.0 Å². The molecule has 0 aromatic rings. The molecule has 1 unspecified atom stereocenters. The highest BCUT2D eigenvalue weighted by Crippen LogP contribution is 2.22. The molecule has 0 aromatic heterocycles. The molecule has 1 aliphatic rings. The molecule has 1 atom stereocenters. The van der Waals surface area contributed by atoms with Crippen molar-refractivity contribution in [3.8, 4) is 0 Å². The molecule has 1 aliphatic heterocycles. The van der Waals surface area contributed by atoms with Crippen LogP contribution in [0.5, 0.6) is 0 Å². The zero-order valence-electron chi connectivity index (χ0n) is 6.02. The van der Waals surface area contributed by atoms with Gasteiger partial charge in [-0.25, -0.2) is 0 Å². The van der Waals surface area contributed by atoms with Crippen LogP contribution in [-0.2, 0) is 0 Å². The van der Waals surface area contributed by atoms with Crippen molar-refractivity contribution in [2.75, 3.05) is 24.6 Å². The summed E-state index contributed by atoms with van der Waals surface area (Å²) in [6.07, 6.45) is 1.43. The Morgan fingerprint density at radius 1 is 1.67 bits per heavy atom. The summed E-state index contributed by atoms with van der Waals surface area (Å²) >= 11 is 2.09. The molecular formula is C7H15NS. The predicted octanol–water partition coefficient (Wildman–Crippen LogP) is 1.35. The Balaban J connectivity index is 1.98. The molecule has 0 aromatic carbocycles. The van der Waals surface area contributed by atoms with Crippen molar-refractivity contribution in [2.45, 2.75) is 13.3 Å². The molecule has 1 rings (SSSR count). The lowest BCUT2D eigenvalue weighted by atomic mass is 10.1. The average Bonchev–Trinajstić information content (AvgIpc) is 2.34. The van der Waals surface area contributed by atoms with Gasteiger partial charge in [0.25, 0.3) is 0 Å². The van der Waals surface area contributed by atoms with Crippen molar-refractivity contribution in [1.29, 1.82) is 0 Å². The van der Waals surface area contributed by atoms with Gasteiger partial charge >= 0.3 is 0 Å². The van der Waals surface area contributed by atoms with E-state index in [1.807, 2.05) is 0 Å². The van der Waals surface area contributed by atoms with E-state index in [4.69, 9.17) is 0 Å². The zero-order chi connectivity index (χ0) is 6.53. The molecule has 1 fully saturated rings. The highest BCUT2D eigenvalue weighted by atomic mass is 32.2. The van der Waals surface area contributed by atoms with Gasteiger partial charge in [0.1, 0.15) is 0 Å². The maximum Gasteiger partial charge on any atom is -0.00124 e. The summed E-state index contributed by atoms with van der Waals surface area (Å²) in [6, 6.07) is 0. The first-order chi connectivity index (χ1) is 4.43. The Labute approximate surface area is 61.6 Å². The van der Waals surface area contributed by atoms with Gasteiger partial charge in [-0.2, -0.15) is 11.8 Å². The van der Waals surface area contributed by atoms with Gasteiger partial charge in [-0.15, -0.1) is 0 Å². The summed E-state index contributed by atoms with van der Waals surface area (Å²) in [5.74, 6) is 3.73. The molecule has 9 heavy (non-hydrogen) atoms. The van der Waals surface area contributed by atoms with Crippen LogP contribution < -0.4 is 5.32 Å². The number of thioether (sulfide) groups is 1. The summed E-state index contributed by atoms with van der Waals surface area (Å²) < 4.78 is 0. The van der Waals surface area contributed by atoms with Crippen LogP contribution in [0.25, 0.3) is 0 Å². The van der Waals surface area contributed by atoms with Crippen LogP contribution in [0.3, 0.4) is 0 Å². The minimum Gasteiger partial charge on any atom is -0.317 e. The largest absolute Gasteiger partial charge is 0.317 e. The predicted molar refractivity (Wildman–Crippen MR) is 44.0 cm³/mol. The molecule has 0 radical (unpaired) electrons. The van der Waals surface area contributed by atoms with Crippen LogP contribution in [0.4, 0.5) is 0 Å². The van der Waals surface area contributed by atoms with Gasteiger partial charge in [0.15, 0.2) is 0 Å². The highest BCUT2D eigenvalue weighted by molar-refractivity contribution is 7.99. The molecule has 1 nitrogen and oxygen atoms in total. The van der Waals surface area contributed by atoms with Crippen LogP contribution in [-0.4, -0.2) is 24.6 Å². The second-order valence-electron chi connectivity index (χ2n) is 2.54. The Hall–Kier alpha value is 0.310. The van der Waals surface area contributed by atoms with E-state index in [0.29, 0.717) is 0 Å². The third-order valence-electron chi connectivity index (χ3n) is 1.71. The lowest BCUT2D eigenvalue weighted by Gasteiger charge is -2.06. The molecule has 54 valence electrons. The molecule has 1 N–H and O–H groups in total. The Kier molecular flexibility index (Phi) is 3.44. The van der Waals surface area contributed by atoms with E-state index in [2.05, 4.69) is 24.0 Å². The van der Waals surface area contributed by atoms with Crippen molar-refractivity contribution in [1.82, 2.24) is 5.32 Å². The zero-order valence-corrected chi connectivity index (χ0v) is 6.84. The molecular weight excluding hydrogens is 130 g/mol. The van der Waals surface area contributed by atoms with E-state index in [9.17, 15) is 0 Å². The average molecular weight is 145 g/mol. The minimum absolute atomic E-state index is 0.968. The van der Waals surface area contributed by atoms with Crippen molar-refractivity contribution in [3.63, 3.8) is 0 Å². The van der Waals surface area contributed by atoms with E-state index < -0.39 is 0 Å². The first-order valence-corrected chi connectivity index (χ1v) is 4.87. The second-order valence-corrected chi connectivity index (χ2v) is 3.69. The van der Waals surface area contributed by atoms with Crippen LogP contribution in [0.2, 0.25) is 0 Å². The van der Waals surface area contributed by atoms with E-state index in [1.165, 1.54) is 24.5 Å². The molecule has 0 saturated carbocycles. The van der Waals surface area contributed by atoms with Gasteiger partial charge in [0.2, 0.25) is 0 Å². The quantitative estimate of drug-likeness (QED) is 0.643. The summed E-state index contributed by atoms with van der Waals surface area (Å²) in [5.41, 5.74) is 0. The van der Waals surface area contributed by atoms with Crippen molar-refractivity contribution >= 4 is 11.8 Å². The number of nitrogens with one attached hydrogen (secondary N) is 1. The summed E-state index contributed by atoms with van der Waals surface area (Å²) in [7, 11) is 0. The molecule has 2 heteroatoms. The van der Waals surface area contributed by atoms with Gasteiger partial charge in [0, 0.05) is 0 Å². The number of hydrogen-bond acceptors (Lipinski definition) is 2. The fraction of sp³-hybridized carbons (Fsp3) is 1.00. The minimum atomic E-state index is 0.968. The third kappa shape index (κ3) is 2.59. The number of hydrogen-bond donors (Lipinski definition) is 1. The maximum absolute atomic E-state index is 3.38. The van der Waals surface area contributed by atoms with Crippen LogP contribution >= 0.6 is 11.8 Å². The lowest BCUT2D eigenvalue weighted by molar-refractivity contribution is 0.535. The first-order valence-electron chi connectivity index (χ1n) is 3.72. The first kappa shape index (κ1) is 7.42. The van der Waals surface area contributed by atoms with E-state index in [-0.39, 0.29) is 0 Å². The van der Waals surface area contributed by atoms with Crippen molar-refractivity contribution < 1.29 is 0 Å². The number of rotatable bonds is 3. The molecule has 0 bridgehead atoms. The molecule has 1 saturated heterocycles. The van der Waals surface area contributed by atoms with E-state index in [1.54, 1.807) is 0 Å². The van der Waals surface area contributed by atoms with Crippen molar-refractivity contribution in [2.24, 2.45) is 5.92 Å². The van der Waals surface area contributed by atoms with Gasteiger partial charge in [-0.3, -0.25) is 0 Å². The van der Waals surface area contributed by atoms with E-state index >= 15 is 0 Å². The van der Waals surface area contributed by atoms with Gasteiger partial charge in [-0.1, -0.05) is 6.92 Å². The maximum atomic E-state index is 3.38. The highest BCUT2D eigenvalue weighted by Gasteiger charge is 2.13. The fourth-order valence-electron chi connectivity index (χ4n) is 1.09. The van der Waals surface area contributed by atoms with Crippen LogP contribution in [0, 0.1) is 5.92 Å². The Morgan fingerprint density at radius 2 is 2.56 bits per heavy atom. The Morgan fingerprint density at radius 3 is 3.11 bits per heavy atom. The standard InChI is InChI=1S/C7H15NS/c1-2-8-5-7-3-4-9-6-7/h7-8H,2-6H2,1H3. The van der Waals surface area contributed by atoms with Crippen LogP contribution in [0.1, 0.15) is 13.3 Å². The molecule has 0 spiro atoms. The fourth-order valence-corrected chi connectivity index (χ4v) is 2.38. The molecule has 1 heterocycles. The van der Waals surface area contributed by atoms with Gasteiger partial charge in [0.05, 0.1) is 0 Å². The van der Waals surface area contributed by atoms with Gasteiger partial charge in [-0.05, 0) is 36.9 Å². The normalized spacial score (nSPS) is 27.0. The monoisotopic (exact) mass is 145 g/mol. The lowest BCUT2D eigenvalue weighted by Crippen LogP contribution is -2.21. The summed E-state index contributed by atoms with van der Waals surface area (Å²) in [4.78, 5) is 0. The summed E-state index contributed by atoms with van der Waals surface area (Å²) in [5, 5.41) is 3.38. The van der Waals surface area contributed by atoms with E-state index in [0.717, 1.165) is 12.5 Å². The second kappa shape index (κ2) is 4.18. The molecule has 0 aliphatic carbocycles. The van der Waals surface area contributed by atoms with Crippen molar-refractivity contribution in [3.05, 3.63) is 0 Å². The SMILES string of the molecule is CCNCC1CCSC1. The van der Waals surface area contributed by atoms with Crippen LogP contribution in [0.15, 0.2) is 0 Å². The third-order valence-corrected chi connectivity index (χ3v) is 2.94. The molecule has 0 amide bonds. The smallest absolute Gasteiger partial charge is 0.00124 e. The van der Waals surface area contributed by atoms with Gasteiger partial charge < -0.3 is 5.32 Å². The summed E-state index contributed by atoms with van der Waals surface area (Å²) in [6.45, 7) is 4.53.